The van der Waals surface area contributed by atoms with Crippen LogP contribution in [0.15, 0.2) is 54.6 Å². The highest BCUT2D eigenvalue weighted by Gasteiger charge is 2.36. The lowest BCUT2D eigenvalue weighted by Gasteiger charge is -2.24. The maximum atomic E-state index is 13.9. The monoisotopic (exact) mass is 500 g/mol. The average Bonchev–Trinajstić information content (AvgIpc) is 3.24. The minimum absolute atomic E-state index is 0.0223. The van der Waals surface area contributed by atoms with Gasteiger partial charge in [0.1, 0.15) is 23.4 Å². The Hall–Kier alpha value is -3.68. The Balaban J connectivity index is 1.67. The average molecular weight is 501 g/mol. The normalized spacial score (nSPS) is 15.7. The lowest BCUT2D eigenvalue weighted by atomic mass is 9.87. The largest absolute Gasteiger partial charge is 0.508 e. The fourth-order valence-electron chi connectivity index (χ4n) is 4.67. The third kappa shape index (κ3) is 5.12. The number of rotatable bonds is 7. The van der Waals surface area contributed by atoms with Crippen molar-refractivity contribution in [1.82, 2.24) is 0 Å². The van der Waals surface area contributed by atoms with Crippen molar-refractivity contribution in [1.29, 1.82) is 0 Å². The molecular weight excluding hydrogens is 473 g/mol. The maximum Gasteiger partial charge on any atom is 0.417 e. The van der Waals surface area contributed by atoms with Gasteiger partial charge >= 0.3 is 12.1 Å². The van der Waals surface area contributed by atoms with Gasteiger partial charge in [-0.3, -0.25) is 4.79 Å². The van der Waals surface area contributed by atoms with Crippen LogP contribution in [0.2, 0.25) is 0 Å². The molecule has 1 aliphatic heterocycles. The summed E-state index contributed by atoms with van der Waals surface area (Å²) in [6.07, 6.45) is -4.53. The van der Waals surface area contributed by atoms with Crippen LogP contribution in [-0.4, -0.2) is 24.8 Å². The molecule has 1 N–H and O–H groups in total. The number of methoxy groups -OCH3 is 1. The Morgan fingerprint density at radius 3 is 2.50 bits per heavy atom. The molecule has 1 heterocycles. The number of ether oxygens (including phenoxy) is 3. The number of benzene rings is 3. The predicted molar refractivity (Wildman–Crippen MR) is 128 cm³/mol. The van der Waals surface area contributed by atoms with E-state index in [0.29, 0.717) is 41.2 Å². The summed E-state index contributed by atoms with van der Waals surface area (Å²) in [6.45, 7) is 3.95. The molecule has 3 aromatic rings. The molecule has 190 valence electrons. The highest BCUT2D eigenvalue weighted by atomic mass is 19.4. The summed E-state index contributed by atoms with van der Waals surface area (Å²) in [5, 5.41) is 9.63. The van der Waals surface area contributed by atoms with E-state index in [1.807, 2.05) is 6.07 Å². The molecule has 0 aliphatic carbocycles. The quantitative estimate of drug-likeness (QED) is 0.361. The molecule has 5 nitrogen and oxygen atoms in total. The number of phenolic OH excluding ortho intramolecular Hbond substituents is 1. The first-order valence-electron chi connectivity index (χ1n) is 11.6. The van der Waals surface area contributed by atoms with Gasteiger partial charge in [0, 0.05) is 17.5 Å². The van der Waals surface area contributed by atoms with Crippen LogP contribution in [-0.2, 0) is 22.1 Å². The molecule has 0 fully saturated rings. The summed E-state index contributed by atoms with van der Waals surface area (Å²) in [7, 11) is 1.34. The molecule has 0 radical (unpaired) electrons. The molecule has 4 rings (SSSR count). The number of hydrogen-bond donors (Lipinski definition) is 1. The maximum absolute atomic E-state index is 13.9. The Kier molecular flexibility index (Phi) is 7.15. The van der Waals surface area contributed by atoms with Gasteiger partial charge in [-0.05, 0) is 59.9 Å². The summed E-state index contributed by atoms with van der Waals surface area (Å²) in [5.41, 5.74) is 1.77. The molecule has 0 bridgehead atoms. The van der Waals surface area contributed by atoms with Gasteiger partial charge in [-0.2, -0.15) is 13.2 Å². The third-order valence-corrected chi connectivity index (χ3v) is 6.42. The first kappa shape index (κ1) is 25.4. The van der Waals surface area contributed by atoms with Gasteiger partial charge in [0.2, 0.25) is 0 Å². The van der Waals surface area contributed by atoms with Crippen molar-refractivity contribution in [3.8, 4) is 28.4 Å². The fraction of sp³-hybridized carbons (Fsp3) is 0.321. The number of halogens is 3. The molecule has 3 aromatic carbocycles. The van der Waals surface area contributed by atoms with Crippen LogP contribution >= 0.6 is 0 Å². The van der Waals surface area contributed by atoms with E-state index in [1.54, 1.807) is 26.0 Å². The van der Waals surface area contributed by atoms with E-state index in [2.05, 4.69) is 0 Å². The van der Waals surface area contributed by atoms with Crippen molar-refractivity contribution in [2.24, 2.45) is 0 Å². The molecule has 8 heteroatoms. The summed E-state index contributed by atoms with van der Waals surface area (Å²) in [4.78, 5) is 11.7. The predicted octanol–water partition coefficient (Wildman–Crippen LogP) is 6.82. The minimum atomic E-state index is -4.54. The number of phenols is 1. The minimum Gasteiger partial charge on any atom is -0.508 e. The molecule has 0 aromatic heterocycles. The molecule has 0 saturated carbocycles. The number of aromatic hydroxyl groups is 1. The Morgan fingerprint density at radius 2 is 1.86 bits per heavy atom. The van der Waals surface area contributed by atoms with Crippen LogP contribution in [0.4, 0.5) is 13.2 Å². The van der Waals surface area contributed by atoms with Gasteiger partial charge in [-0.25, -0.2) is 0 Å². The molecule has 0 saturated heterocycles. The summed E-state index contributed by atoms with van der Waals surface area (Å²) >= 11 is 0. The van der Waals surface area contributed by atoms with Crippen LogP contribution in [0.5, 0.6) is 17.2 Å². The Labute approximate surface area is 207 Å². The topological polar surface area (TPSA) is 65.0 Å². The van der Waals surface area contributed by atoms with Crippen molar-refractivity contribution >= 4 is 5.97 Å². The van der Waals surface area contributed by atoms with Crippen LogP contribution in [0, 0.1) is 0 Å². The molecule has 0 amide bonds. The lowest BCUT2D eigenvalue weighted by Crippen LogP contribution is -2.13. The van der Waals surface area contributed by atoms with Crippen molar-refractivity contribution in [3.63, 3.8) is 0 Å². The van der Waals surface area contributed by atoms with Gasteiger partial charge in [0.25, 0.3) is 0 Å². The molecule has 0 spiro atoms. The van der Waals surface area contributed by atoms with E-state index in [0.717, 1.165) is 11.6 Å². The summed E-state index contributed by atoms with van der Waals surface area (Å²) < 4.78 is 58.5. The van der Waals surface area contributed by atoms with E-state index >= 15 is 0 Å². The van der Waals surface area contributed by atoms with E-state index < -0.39 is 17.8 Å². The van der Waals surface area contributed by atoms with Crippen molar-refractivity contribution in [2.45, 2.75) is 44.9 Å². The van der Waals surface area contributed by atoms with Crippen LogP contribution in [0.25, 0.3) is 11.1 Å². The first-order chi connectivity index (χ1) is 17.1. The van der Waals surface area contributed by atoms with Gasteiger partial charge in [0.05, 0.1) is 25.7 Å². The van der Waals surface area contributed by atoms with Gasteiger partial charge in [-0.1, -0.05) is 31.2 Å². The second-order valence-corrected chi connectivity index (χ2v) is 8.70. The number of esters is 1. The van der Waals surface area contributed by atoms with Gasteiger partial charge < -0.3 is 19.3 Å². The van der Waals surface area contributed by atoms with Gasteiger partial charge in [0.15, 0.2) is 0 Å². The van der Waals surface area contributed by atoms with E-state index in [4.69, 9.17) is 14.2 Å². The fourth-order valence-corrected chi connectivity index (χ4v) is 4.67. The Bertz CT molecular complexity index is 1250. The second-order valence-electron chi connectivity index (χ2n) is 8.70. The van der Waals surface area contributed by atoms with E-state index in [1.165, 1.54) is 37.4 Å². The first-order valence-corrected chi connectivity index (χ1v) is 11.6. The number of carbonyl (C=O) groups excluding carboxylic acids is 1. The number of alkyl halides is 3. The molecule has 2 atom stereocenters. The van der Waals surface area contributed by atoms with Crippen molar-refractivity contribution in [2.75, 3.05) is 13.7 Å². The SMILES string of the molecule is CCc1c([C@@H](C)Oc2ccc3c(c2)OC[C@H]3CC(=O)OC)ccc(C(F)(F)F)c1-c1ccc(O)cc1. The molecule has 36 heavy (non-hydrogen) atoms. The number of carbonyl (C=O) groups is 1. The Morgan fingerprint density at radius 1 is 1.14 bits per heavy atom. The smallest absolute Gasteiger partial charge is 0.417 e. The van der Waals surface area contributed by atoms with Crippen LogP contribution in [0.3, 0.4) is 0 Å². The van der Waals surface area contributed by atoms with Crippen LogP contribution < -0.4 is 9.47 Å². The highest BCUT2D eigenvalue weighted by molar-refractivity contribution is 5.74. The highest BCUT2D eigenvalue weighted by Crippen LogP contribution is 2.43. The lowest BCUT2D eigenvalue weighted by molar-refractivity contribution is -0.141. The summed E-state index contributed by atoms with van der Waals surface area (Å²) in [5.74, 6) is 0.679. The van der Waals surface area contributed by atoms with Crippen molar-refractivity contribution in [3.05, 3.63) is 76.9 Å². The van der Waals surface area contributed by atoms with E-state index in [-0.39, 0.29) is 29.6 Å². The molecular formula is C28H27F3O5. The molecule has 0 unspecified atom stereocenters. The van der Waals surface area contributed by atoms with Crippen LogP contribution in [0.1, 0.15) is 54.5 Å². The zero-order chi connectivity index (χ0) is 26.0. The second kappa shape index (κ2) is 10.1. The number of hydrogen-bond acceptors (Lipinski definition) is 5. The third-order valence-electron chi connectivity index (χ3n) is 6.42. The standard InChI is InChI=1S/C28H27F3O5/c1-4-21-22(11-12-24(28(29,30)31)27(21)17-5-7-19(32)8-6-17)16(2)36-20-9-10-23-18(13-26(33)34-3)15-35-25(23)14-20/h5-12,14,16,18,32H,4,13,15H2,1-3H3/t16-,18-/m1/s1. The zero-order valence-electron chi connectivity index (χ0n) is 20.2. The summed E-state index contributed by atoms with van der Waals surface area (Å²) in [6, 6.07) is 13.6. The molecule has 1 aliphatic rings. The van der Waals surface area contributed by atoms with Gasteiger partial charge in [-0.15, -0.1) is 0 Å². The van der Waals surface area contributed by atoms with E-state index in [9.17, 15) is 23.1 Å². The van der Waals surface area contributed by atoms with Crippen molar-refractivity contribution < 1.29 is 37.3 Å². The zero-order valence-corrected chi connectivity index (χ0v) is 20.2. The number of fused-ring (bicyclic) bond motifs is 1.